The van der Waals surface area contributed by atoms with Gasteiger partial charge in [0.1, 0.15) is 23.4 Å². The van der Waals surface area contributed by atoms with E-state index in [1.54, 1.807) is 6.33 Å². The maximum absolute atomic E-state index is 12.2. The molecular weight excluding hydrogens is 552 g/mol. The summed E-state index contributed by atoms with van der Waals surface area (Å²) in [5, 5.41) is 3.61. The Morgan fingerprint density at radius 3 is 2.50 bits per heavy atom. The van der Waals surface area contributed by atoms with Crippen LogP contribution < -0.4 is 15.0 Å². The molecule has 1 saturated carbocycles. The number of piperidine rings is 1. The zero-order valence-corrected chi connectivity index (χ0v) is 25.3. The Hall–Kier alpha value is -3.85. The van der Waals surface area contributed by atoms with Crippen LogP contribution in [0.5, 0.6) is 5.88 Å². The molecule has 0 atom stereocenters. The minimum absolute atomic E-state index is 0.0826. The Labute approximate surface area is 251 Å². The number of fused-ring (bicyclic) bond motifs is 1. The number of hydrogen-bond donors (Lipinski definition) is 1. The highest BCUT2D eigenvalue weighted by atomic mass is 35.5. The van der Waals surface area contributed by atoms with Crippen molar-refractivity contribution in [2.24, 2.45) is 0 Å². The fourth-order valence-electron chi connectivity index (χ4n) is 5.26. The first-order valence-electron chi connectivity index (χ1n) is 14.6. The number of benzene rings is 2. The average Bonchev–Trinajstić information content (AvgIpc) is 3.56. The lowest BCUT2D eigenvalue weighted by Gasteiger charge is -2.34. The van der Waals surface area contributed by atoms with Crippen molar-refractivity contribution in [3.05, 3.63) is 65.4 Å². The highest BCUT2D eigenvalue weighted by Gasteiger charge is 2.41. The molecule has 4 aromatic rings. The van der Waals surface area contributed by atoms with Crippen molar-refractivity contribution >= 4 is 34.5 Å². The second kappa shape index (κ2) is 11.1. The maximum atomic E-state index is 12.2. The molecule has 10 heteroatoms. The van der Waals surface area contributed by atoms with E-state index < -0.39 is 5.60 Å². The third-order valence-corrected chi connectivity index (χ3v) is 8.07. The smallest absolute Gasteiger partial charge is 0.407 e. The van der Waals surface area contributed by atoms with Crippen LogP contribution in [0.25, 0.3) is 22.6 Å². The summed E-state index contributed by atoms with van der Waals surface area (Å²) in [5.41, 5.74) is 3.62. The lowest BCUT2D eigenvalue weighted by atomic mass is 10.0. The normalized spacial score (nSPS) is 16.8. The molecule has 1 aliphatic carbocycles. The summed E-state index contributed by atoms with van der Waals surface area (Å²) in [5.74, 6) is 1.22. The molecule has 1 amide bonds. The number of anilines is 1. The molecule has 3 heterocycles. The Bertz CT molecular complexity index is 1590. The Kier molecular flexibility index (Phi) is 7.47. The fourth-order valence-corrected chi connectivity index (χ4v) is 5.52. The molecule has 220 valence electrons. The fraction of sp³-hybridized carbons (Fsp3) is 0.438. The molecule has 0 spiro atoms. The van der Waals surface area contributed by atoms with Gasteiger partial charge in [-0.1, -0.05) is 41.9 Å². The largest absolute Gasteiger partial charge is 0.470 e. The first-order chi connectivity index (χ1) is 20.1. The van der Waals surface area contributed by atoms with E-state index in [0.29, 0.717) is 28.6 Å². The Morgan fingerprint density at radius 2 is 1.83 bits per heavy atom. The van der Waals surface area contributed by atoms with E-state index in [0.717, 1.165) is 61.4 Å². The average molecular weight is 589 g/mol. The topological polar surface area (TPSA) is 94.4 Å². The molecule has 0 unspecified atom stereocenters. The van der Waals surface area contributed by atoms with Crippen LogP contribution in [0.3, 0.4) is 0 Å². The standard InChI is InChI=1S/C32H37ClN6O3/c1-31(2,3)42-30(40)36-22-12-16-38(17-13-22)23-10-11-24(25(33)18-23)27-37-26-28(39(27)19-21-8-6-5-7-9-21)34-20-35-29(26)41-32(4)14-15-32/h5-11,18,20,22H,12-17,19H2,1-4H3,(H,36,40). The number of carbonyl (C=O) groups excluding carboxylic acids is 1. The molecule has 2 aromatic heterocycles. The van der Waals surface area contributed by atoms with Gasteiger partial charge in [0.2, 0.25) is 5.88 Å². The molecule has 0 radical (unpaired) electrons. The lowest BCUT2D eigenvalue weighted by Crippen LogP contribution is -2.46. The summed E-state index contributed by atoms with van der Waals surface area (Å²) in [4.78, 5) is 28.6. The van der Waals surface area contributed by atoms with E-state index >= 15 is 0 Å². The van der Waals surface area contributed by atoms with Gasteiger partial charge in [0.25, 0.3) is 0 Å². The zero-order valence-electron chi connectivity index (χ0n) is 24.6. The molecule has 1 N–H and O–H groups in total. The van der Waals surface area contributed by atoms with E-state index in [2.05, 4.69) is 49.9 Å². The molecule has 0 bridgehead atoms. The van der Waals surface area contributed by atoms with E-state index in [-0.39, 0.29) is 17.7 Å². The van der Waals surface area contributed by atoms with Gasteiger partial charge in [-0.05, 0) is 77.1 Å². The number of imidazole rings is 1. The number of nitrogens with one attached hydrogen (secondary N) is 1. The molecule has 9 nitrogen and oxygen atoms in total. The summed E-state index contributed by atoms with van der Waals surface area (Å²) >= 11 is 6.98. The van der Waals surface area contributed by atoms with Crippen molar-refractivity contribution in [2.45, 2.75) is 77.2 Å². The number of hydrogen-bond acceptors (Lipinski definition) is 7. The molecule has 2 fully saturated rings. The third-order valence-electron chi connectivity index (χ3n) is 7.75. The Morgan fingerprint density at radius 1 is 1.10 bits per heavy atom. The van der Waals surface area contributed by atoms with Gasteiger partial charge in [0.15, 0.2) is 11.2 Å². The quantitative estimate of drug-likeness (QED) is 0.259. The van der Waals surface area contributed by atoms with Crippen molar-refractivity contribution in [2.75, 3.05) is 18.0 Å². The minimum atomic E-state index is -0.512. The van der Waals surface area contributed by atoms with Crippen LogP contribution in [0.2, 0.25) is 5.02 Å². The molecule has 2 aromatic carbocycles. The van der Waals surface area contributed by atoms with Gasteiger partial charge in [0.05, 0.1) is 11.6 Å². The van der Waals surface area contributed by atoms with Crippen LogP contribution >= 0.6 is 11.6 Å². The summed E-state index contributed by atoms with van der Waals surface area (Å²) in [7, 11) is 0. The highest BCUT2D eigenvalue weighted by molar-refractivity contribution is 6.33. The molecular formula is C32H37ClN6O3. The predicted molar refractivity (Wildman–Crippen MR) is 164 cm³/mol. The lowest BCUT2D eigenvalue weighted by molar-refractivity contribution is 0.0497. The van der Waals surface area contributed by atoms with Crippen LogP contribution in [0.4, 0.5) is 10.5 Å². The van der Waals surface area contributed by atoms with Crippen LogP contribution in [-0.2, 0) is 11.3 Å². The molecule has 2 aliphatic rings. The van der Waals surface area contributed by atoms with Crippen molar-refractivity contribution in [3.63, 3.8) is 0 Å². The van der Waals surface area contributed by atoms with Crippen molar-refractivity contribution in [3.8, 4) is 17.3 Å². The summed E-state index contributed by atoms with van der Waals surface area (Å²) in [6, 6.07) is 16.4. The first-order valence-corrected chi connectivity index (χ1v) is 14.9. The zero-order chi connectivity index (χ0) is 29.5. The Balaban J connectivity index is 1.26. The van der Waals surface area contributed by atoms with Gasteiger partial charge in [-0.25, -0.2) is 14.8 Å². The maximum Gasteiger partial charge on any atom is 0.407 e. The number of rotatable bonds is 7. The number of alkyl carbamates (subject to hydrolysis) is 1. The van der Waals surface area contributed by atoms with Crippen LogP contribution in [0.15, 0.2) is 54.9 Å². The highest BCUT2D eigenvalue weighted by Crippen LogP contribution is 2.41. The summed E-state index contributed by atoms with van der Waals surface area (Å²) in [6.07, 6.45) is 4.83. The van der Waals surface area contributed by atoms with Gasteiger partial charge in [-0.3, -0.25) is 0 Å². The summed E-state index contributed by atoms with van der Waals surface area (Å²) in [6.45, 7) is 9.89. The SMILES string of the molecule is CC(C)(C)OC(=O)NC1CCN(c2ccc(-c3nc4c(OC5(C)CC5)ncnc4n3Cc3ccccc3)c(Cl)c2)CC1. The van der Waals surface area contributed by atoms with Gasteiger partial charge in [0, 0.05) is 30.4 Å². The van der Waals surface area contributed by atoms with E-state index in [9.17, 15) is 4.79 Å². The number of carbonyl (C=O) groups is 1. The van der Waals surface area contributed by atoms with E-state index in [4.69, 9.17) is 26.1 Å². The molecule has 1 aliphatic heterocycles. The van der Waals surface area contributed by atoms with Crippen molar-refractivity contribution < 1.29 is 14.3 Å². The van der Waals surface area contributed by atoms with Crippen LogP contribution in [0, 0.1) is 0 Å². The second-order valence-electron chi connectivity index (χ2n) is 12.5. The summed E-state index contributed by atoms with van der Waals surface area (Å²) < 4.78 is 13.8. The van der Waals surface area contributed by atoms with Crippen LogP contribution in [0.1, 0.15) is 58.9 Å². The number of nitrogens with zero attached hydrogens (tertiary/aromatic N) is 5. The van der Waals surface area contributed by atoms with Crippen LogP contribution in [-0.4, -0.2) is 55.9 Å². The number of ether oxygens (including phenoxy) is 2. The first kappa shape index (κ1) is 28.3. The number of amides is 1. The van der Waals surface area contributed by atoms with Crippen molar-refractivity contribution in [1.29, 1.82) is 0 Å². The van der Waals surface area contributed by atoms with Gasteiger partial charge in [-0.15, -0.1) is 0 Å². The molecule has 1 saturated heterocycles. The number of halogens is 1. The second-order valence-corrected chi connectivity index (χ2v) is 12.9. The monoisotopic (exact) mass is 588 g/mol. The van der Waals surface area contributed by atoms with E-state index in [1.807, 2.05) is 51.1 Å². The van der Waals surface area contributed by atoms with Gasteiger partial charge >= 0.3 is 6.09 Å². The van der Waals surface area contributed by atoms with E-state index in [1.165, 1.54) is 0 Å². The van der Waals surface area contributed by atoms with Gasteiger partial charge in [-0.2, -0.15) is 4.98 Å². The molecule has 6 rings (SSSR count). The number of aromatic nitrogens is 4. The van der Waals surface area contributed by atoms with Gasteiger partial charge < -0.3 is 24.3 Å². The predicted octanol–water partition coefficient (Wildman–Crippen LogP) is 6.62. The minimum Gasteiger partial charge on any atom is -0.470 e. The third kappa shape index (κ3) is 6.31. The molecule has 42 heavy (non-hydrogen) atoms. The van der Waals surface area contributed by atoms with Crippen molar-refractivity contribution in [1.82, 2.24) is 24.8 Å².